The second-order valence-corrected chi connectivity index (χ2v) is 11.7. The van der Waals surface area contributed by atoms with Crippen molar-refractivity contribution in [1.29, 1.82) is 0 Å². The number of hydrogen-bond donors (Lipinski definition) is 4. The standard InChI is InChI=1S/C24H34O7S/c1-22-8-6-16(26)21(32-10-7-19(29)30)15(22)4-3-13-14-5-9-24(31,18(28)12-25)23(14,2)11-17(27)20(13)22/h13-14,17,20,25,27,31H,3-12H2,1-2H3,(H,29,30)/t13?,14?,17-,20?,22?,23?,24?/m0/s1. The molecule has 4 aliphatic carbocycles. The molecule has 3 fully saturated rings. The zero-order valence-electron chi connectivity index (χ0n) is 18.8. The van der Waals surface area contributed by atoms with Crippen LogP contribution in [0.5, 0.6) is 0 Å². The van der Waals surface area contributed by atoms with Crippen molar-refractivity contribution in [3.8, 4) is 0 Å². The van der Waals surface area contributed by atoms with Gasteiger partial charge in [0, 0.05) is 17.6 Å². The van der Waals surface area contributed by atoms with Crippen molar-refractivity contribution in [2.75, 3.05) is 12.4 Å². The molecule has 0 bridgehead atoms. The number of carboxylic acid groups (broad SMARTS) is 1. The van der Waals surface area contributed by atoms with Crippen molar-refractivity contribution < 1.29 is 34.8 Å². The first-order valence-electron chi connectivity index (χ1n) is 11.7. The lowest BCUT2D eigenvalue weighted by molar-refractivity contribution is -0.182. The van der Waals surface area contributed by atoms with E-state index in [0.717, 1.165) is 12.0 Å². The molecule has 3 saturated carbocycles. The Labute approximate surface area is 192 Å². The van der Waals surface area contributed by atoms with Crippen LogP contribution in [0.4, 0.5) is 0 Å². The van der Waals surface area contributed by atoms with E-state index < -0.39 is 35.5 Å². The fourth-order valence-electron chi connectivity index (χ4n) is 7.80. The number of aliphatic carboxylic acids is 1. The Bertz CT molecular complexity index is 868. The molecule has 4 N–H and O–H groups in total. The van der Waals surface area contributed by atoms with E-state index in [1.807, 2.05) is 6.92 Å². The van der Waals surface area contributed by atoms with E-state index in [-0.39, 0.29) is 35.4 Å². The highest BCUT2D eigenvalue weighted by atomic mass is 32.2. The third kappa shape index (κ3) is 3.32. The number of thioether (sulfide) groups is 1. The van der Waals surface area contributed by atoms with E-state index in [0.29, 0.717) is 49.2 Å². The Morgan fingerprint density at radius 2 is 1.88 bits per heavy atom. The lowest BCUT2D eigenvalue weighted by Gasteiger charge is -2.60. The van der Waals surface area contributed by atoms with Gasteiger partial charge in [-0.1, -0.05) is 13.8 Å². The number of rotatable bonds is 6. The second-order valence-electron chi connectivity index (χ2n) is 10.6. The molecule has 0 heterocycles. The summed E-state index contributed by atoms with van der Waals surface area (Å²) in [5.41, 5.74) is -1.69. The zero-order chi connectivity index (χ0) is 23.5. The molecular weight excluding hydrogens is 432 g/mol. The highest BCUT2D eigenvalue weighted by Gasteiger charge is 2.68. The van der Waals surface area contributed by atoms with Crippen LogP contribution < -0.4 is 0 Å². The number of aliphatic hydroxyl groups is 3. The lowest BCUT2D eigenvalue weighted by atomic mass is 9.45. The molecule has 178 valence electrons. The van der Waals surface area contributed by atoms with Gasteiger partial charge in [-0.15, -0.1) is 11.8 Å². The first-order chi connectivity index (χ1) is 15.0. The fourth-order valence-corrected chi connectivity index (χ4v) is 9.05. The van der Waals surface area contributed by atoms with Crippen LogP contribution in [0.2, 0.25) is 0 Å². The SMILES string of the molecule is CC12CCC(=O)C(SCCC(=O)O)=C1CCC1C2[C@@H](O)CC2(C)C1CCC2(O)C(=O)CO. The fraction of sp³-hybridized carbons (Fsp3) is 0.792. The molecule has 7 atom stereocenters. The van der Waals surface area contributed by atoms with Crippen LogP contribution in [0.3, 0.4) is 0 Å². The minimum absolute atomic E-state index is 0.00197. The molecule has 0 spiro atoms. The van der Waals surface area contributed by atoms with Gasteiger partial charge in [-0.3, -0.25) is 14.4 Å². The largest absolute Gasteiger partial charge is 0.481 e. The number of carboxylic acids is 1. The van der Waals surface area contributed by atoms with E-state index in [4.69, 9.17) is 5.11 Å². The zero-order valence-corrected chi connectivity index (χ0v) is 19.6. The predicted molar refractivity (Wildman–Crippen MR) is 119 cm³/mol. The van der Waals surface area contributed by atoms with Gasteiger partial charge in [0.25, 0.3) is 0 Å². The summed E-state index contributed by atoms with van der Waals surface area (Å²) < 4.78 is 0. The third-order valence-electron chi connectivity index (χ3n) is 9.32. The van der Waals surface area contributed by atoms with Gasteiger partial charge in [-0.2, -0.15) is 0 Å². The van der Waals surface area contributed by atoms with Crippen LogP contribution in [0.1, 0.15) is 65.2 Å². The molecule has 0 aromatic rings. The highest BCUT2D eigenvalue weighted by Crippen LogP contribution is 2.68. The van der Waals surface area contributed by atoms with E-state index in [1.165, 1.54) is 11.8 Å². The number of hydrogen-bond acceptors (Lipinski definition) is 7. The van der Waals surface area contributed by atoms with Gasteiger partial charge >= 0.3 is 5.97 Å². The van der Waals surface area contributed by atoms with Gasteiger partial charge in [0.1, 0.15) is 12.2 Å². The first-order valence-corrected chi connectivity index (χ1v) is 12.6. The molecule has 0 aromatic carbocycles. The van der Waals surface area contributed by atoms with Crippen molar-refractivity contribution in [2.24, 2.45) is 28.6 Å². The van der Waals surface area contributed by atoms with Gasteiger partial charge in [-0.05, 0) is 67.3 Å². The molecule has 0 amide bonds. The van der Waals surface area contributed by atoms with Crippen molar-refractivity contribution >= 4 is 29.3 Å². The van der Waals surface area contributed by atoms with Crippen LogP contribution in [-0.2, 0) is 14.4 Å². The summed E-state index contributed by atoms with van der Waals surface area (Å²) in [5, 5.41) is 41.2. The van der Waals surface area contributed by atoms with Crippen molar-refractivity contribution in [1.82, 2.24) is 0 Å². The summed E-state index contributed by atoms with van der Waals surface area (Å²) in [6, 6.07) is 0. The van der Waals surface area contributed by atoms with Gasteiger partial charge in [0.05, 0.1) is 17.4 Å². The maximum Gasteiger partial charge on any atom is 0.304 e. The van der Waals surface area contributed by atoms with Crippen LogP contribution in [-0.4, -0.2) is 62.0 Å². The number of Topliss-reactive ketones (excluding diaryl/α,β-unsaturated/α-hetero) is 2. The summed E-state index contributed by atoms with van der Waals surface area (Å²) in [4.78, 5) is 36.9. The molecule has 4 rings (SSSR count). The number of ketones is 2. The predicted octanol–water partition coefficient (Wildman–Crippen LogP) is 2.32. The molecule has 4 aliphatic rings. The Kier molecular flexibility index (Phi) is 6.14. The number of carbonyl (C=O) groups excluding carboxylic acids is 2. The molecule has 0 aromatic heterocycles. The van der Waals surface area contributed by atoms with Crippen molar-refractivity contribution in [3.63, 3.8) is 0 Å². The Balaban J connectivity index is 1.68. The number of aliphatic hydroxyl groups excluding tert-OH is 2. The third-order valence-corrected chi connectivity index (χ3v) is 10.5. The van der Waals surface area contributed by atoms with Crippen LogP contribution in [0.25, 0.3) is 0 Å². The molecular formula is C24H34O7S. The first kappa shape index (κ1) is 23.9. The normalized spacial score (nSPS) is 43.5. The summed E-state index contributed by atoms with van der Waals surface area (Å²) in [6.07, 6.45) is 3.08. The summed E-state index contributed by atoms with van der Waals surface area (Å²) in [5.74, 6) is -0.901. The topological polar surface area (TPSA) is 132 Å². The summed E-state index contributed by atoms with van der Waals surface area (Å²) in [7, 11) is 0. The van der Waals surface area contributed by atoms with Crippen molar-refractivity contribution in [3.05, 3.63) is 10.5 Å². The molecule has 6 unspecified atom stereocenters. The molecule has 0 aliphatic heterocycles. The molecule has 0 radical (unpaired) electrons. The average molecular weight is 467 g/mol. The van der Waals surface area contributed by atoms with E-state index in [1.54, 1.807) is 0 Å². The smallest absolute Gasteiger partial charge is 0.304 e. The maximum atomic E-state index is 12.8. The van der Waals surface area contributed by atoms with Gasteiger partial charge in [0.15, 0.2) is 11.6 Å². The minimum atomic E-state index is -1.62. The Morgan fingerprint density at radius 1 is 1.16 bits per heavy atom. The average Bonchev–Trinajstić information content (AvgIpc) is 3.00. The number of carbonyl (C=O) groups is 3. The van der Waals surface area contributed by atoms with Gasteiger partial charge in [0.2, 0.25) is 0 Å². The maximum absolute atomic E-state index is 12.8. The molecule has 8 heteroatoms. The second kappa shape index (κ2) is 8.22. The monoisotopic (exact) mass is 466 g/mol. The molecule has 0 saturated heterocycles. The highest BCUT2D eigenvalue weighted by molar-refractivity contribution is 8.04. The van der Waals surface area contributed by atoms with Crippen LogP contribution >= 0.6 is 11.8 Å². The van der Waals surface area contributed by atoms with Crippen LogP contribution in [0.15, 0.2) is 10.5 Å². The Morgan fingerprint density at radius 3 is 2.53 bits per heavy atom. The van der Waals surface area contributed by atoms with Gasteiger partial charge in [-0.25, -0.2) is 0 Å². The summed E-state index contributed by atoms with van der Waals surface area (Å²) in [6.45, 7) is 3.32. The minimum Gasteiger partial charge on any atom is -0.481 e. The number of allylic oxidation sites excluding steroid dienone is 1. The summed E-state index contributed by atoms with van der Waals surface area (Å²) >= 11 is 1.34. The van der Waals surface area contributed by atoms with E-state index in [9.17, 15) is 29.7 Å². The van der Waals surface area contributed by atoms with E-state index >= 15 is 0 Å². The lowest BCUT2D eigenvalue weighted by Crippen LogP contribution is -2.62. The van der Waals surface area contributed by atoms with Crippen LogP contribution in [0, 0.1) is 28.6 Å². The quantitative estimate of drug-likeness (QED) is 0.469. The number of fused-ring (bicyclic) bond motifs is 5. The Hall–Kier alpha value is -1.22. The molecule has 32 heavy (non-hydrogen) atoms. The van der Waals surface area contributed by atoms with Crippen molar-refractivity contribution in [2.45, 2.75) is 76.9 Å². The van der Waals surface area contributed by atoms with Gasteiger partial charge < -0.3 is 20.4 Å². The van der Waals surface area contributed by atoms with E-state index in [2.05, 4.69) is 6.92 Å². The molecule has 7 nitrogen and oxygen atoms in total.